The topological polar surface area (TPSA) is 79.7 Å². The highest BCUT2D eigenvalue weighted by molar-refractivity contribution is 5.90. The molecule has 0 bridgehead atoms. The van der Waals surface area contributed by atoms with Gasteiger partial charge >= 0.3 is 5.97 Å². The molecule has 0 amide bonds. The monoisotopic (exact) mass is 344 g/mol. The molecule has 0 saturated heterocycles. The van der Waals surface area contributed by atoms with Crippen molar-refractivity contribution < 1.29 is 19.0 Å². The van der Waals surface area contributed by atoms with Crippen LogP contribution in [0.3, 0.4) is 0 Å². The predicted octanol–water partition coefficient (Wildman–Crippen LogP) is 2.09. The molecule has 7 nitrogen and oxygen atoms in total. The zero-order chi connectivity index (χ0) is 17.8. The molecule has 1 aliphatic rings. The minimum absolute atomic E-state index is 0.0832. The number of aromatic nitrogens is 2. The van der Waals surface area contributed by atoms with E-state index in [0.717, 1.165) is 5.56 Å². The number of carbonyl (C=O) groups is 1. The Morgan fingerprint density at radius 1 is 1.36 bits per heavy atom. The second kappa shape index (κ2) is 7.48. The van der Waals surface area contributed by atoms with Crippen LogP contribution < -0.4 is 10.3 Å². The molecule has 2 heterocycles. The van der Waals surface area contributed by atoms with Gasteiger partial charge in [-0.1, -0.05) is 30.3 Å². The molecule has 0 N–H and O–H groups in total. The number of esters is 1. The van der Waals surface area contributed by atoms with Crippen LogP contribution in [0.5, 0.6) is 5.75 Å². The van der Waals surface area contributed by atoms with E-state index in [4.69, 9.17) is 14.2 Å². The van der Waals surface area contributed by atoms with E-state index in [9.17, 15) is 9.59 Å². The molecule has 0 fully saturated rings. The molecule has 2 aromatic rings. The fourth-order valence-corrected chi connectivity index (χ4v) is 2.67. The van der Waals surface area contributed by atoms with E-state index in [1.807, 2.05) is 30.3 Å². The van der Waals surface area contributed by atoms with Crippen molar-refractivity contribution in [2.45, 2.75) is 33.1 Å². The van der Waals surface area contributed by atoms with Crippen molar-refractivity contribution in [3.8, 4) is 5.75 Å². The summed E-state index contributed by atoms with van der Waals surface area (Å²) in [5.41, 5.74) is 0.390. The van der Waals surface area contributed by atoms with Gasteiger partial charge in [0.1, 0.15) is 18.5 Å². The number of nitrogens with zero attached hydrogens (tertiary/aromatic N) is 2. The molecule has 25 heavy (non-hydrogen) atoms. The Labute approximate surface area is 145 Å². The van der Waals surface area contributed by atoms with Gasteiger partial charge in [-0.05, 0) is 19.4 Å². The molecule has 0 aliphatic carbocycles. The van der Waals surface area contributed by atoms with Crippen molar-refractivity contribution >= 4 is 5.97 Å². The number of benzene rings is 1. The SMILES string of the molecule is CCOC(=O)c1nc2n(c(=O)c1OCc1ccccc1)CCOC2C. The minimum Gasteiger partial charge on any atom is -0.481 e. The molecule has 1 aromatic heterocycles. The second-order valence-electron chi connectivity index (χ2n) is 5.61. The largest absolute Gasteiger partial charge is 0.481 e. The van der Waals surface area contributed by atoms with E-state index in [0.29, 0.717) is 19.0 Å². The summed E-state index contributed by atoms with van der Waals surface area (Å²) < 4.78 is 17.7. The normalized spacial score (nSPS) is 16.2. The van der Waals surface area contributed by atoms with Crippen molar-refractivity contribution in [1.82, 2.24) is 9.55 Å². The Balaban J connectivity index is 2.02. The van der Waals surface area contributed by atoms with Crippen LogP contribution >= 0.6 is 0 Å². The van der Waals surface area contributed by atoms with Gasteiger partial charge in [0, 0.05) is 0 Å². The molecule has 3 rings (SSSR count). The third-order valence-corrected chi connectivity index (χ3v) is 3.90. The van der Waals surface area contributed by atoms with Crippen LogP contribution in [-0.2, 0) is 22.6 Å². The molecular formula is C18H20N2O5. The summed E-state index contributed by atoms with van der Waals surface area (Å²) in [6.07, 6.45) is -0.377. The fourth-order valence-electron chi connectivity index (χ4n) is 2.67. The Kier molecular flexibility index (Phi) is 5.14. The van der Waals surface area contributed by atoms with Crippen LogP contribution in [-0.4, -0.2) is 28.7 Å². The number of ether oxygens (including phenoxy) is 3. The van der Waals surface area contributed by atoms with E-state index in [2.05, 4.69) is 4.98 Å². The van der Waals surface area contributed by atoms with Gasteiger partial charge in [-0.2, -0.15) is 0 Å². The zero-order valence-electron chi connectivity index (χ0n) is 14.2. The van der Waals surface area contributed by atoms with Gasteiger partial charge in [0.15, 0.2) is 5.69 Å². The van der Waals surface area contributed by atoms with Crippen molar-refractivity contribution in [2.75, 3.05) is 13.2 Å². The van der Waals surface area contributed by atoms with Gasteiger partial charge in [0.05, 0.1) is 19.8 Å². The van der Waals surface area contributed by atoms with E-state index < -0.39 is 5.97 Å². The lowest BCUT2D eigenvalue weighted by atomic mass is 10.2. The molecule has 0 radical (unpaired) electrons. The first-order chi connectivity index (χ1) is 12.1. The van der Waals surface area contributed by atoms with Crippen LogP contribution in [0.15, 0.2) is 35.1 Å². The maximum absolute atomic E-state index is 12.8. The summed E-state index contributed by atoms with van der Waals surface area (Å²) in [4.78, 5) is 29.4. The van der Waals surface area contributed by atoms with Gasteiger partial charge in [-0.3, -0.25) is 9.36 Å². The lowest BCUT2D eigenvalue weighted by Gasteiger charge is -2.25. The lowest BCUT2D eigenvalue weighted by Crippen LogP contribution is -2.35. The number of hydrogen-bond donors (Lipinski definition) is 0. The molecule has 0 saturated carbocycles. The quantitative estimate of drug-likeness (QED) is 0.773. The highest BCUT2D eigenvalue weighted by atomic mass is 16.5. The maximum Gasteiger partial charge on any atom is 0.361 e. The average molecular weight is 344 g/mol. The number of fused-ring (bicyclic) bond motifs is 1. The van der Waals surface area contributed by atoms with E-state index in [-0.39, 0.29) is 36.3 Å². The van der Waals surface area contributed by atoms with Crippen LogP contribution in [0.4, 0.5) is 0 Å². The van der Waals surface area contributed by atoms with Gasteiger partial charge < -0.3 is 14.2 Å². The van der Waals surface area contributed by atoms with E-state index in [1.54, 1.807) is 13.8 Å². The van der Waals surface area contributed by atoms with Crippen molar-refractivity contribution in [2.24, 2.45) is 0 Å². The third-order valence-electron chi connectivity index (χ3n) is 3.90. The molecule has 132 valence electrons. The highest BCUT2D eigenvalue weighted by Crippen LogP contribution is 2.22. The summed E-state index contributed by atoms with van der Waals surface area (Å²) in [5, 5.41) is 0. The highest BCUT2D eigenvalue weighted by Gasteiger charge is 2.28. The first-order valence-corrected chi connectivity index (χ1v) is 8.22. The van der Waals surface area contributed by atoms with Crippen LogP contribution in [0.25, 0.3) is 0 Å². The Hall–Kier alpha value is -2.67. The van der Waals surface area contributed by atoms with Crippen molar-refractivity contribution in [1.29, 1.82) is 0 Å². The number of hydrogen-bond acceptors (Lipinski definition) is 6. The first kappa shape index (κ1) is 17.2. The van der Waals surface area contributed by atoms with Crippen LogP contribution in [0.2, 0.25) is 0 Å². The number of carbonyl (C=O) groups excluding carboxylic acids is 1. The zero-order valence-corrected chi connectivity index (χ0v) is 14.2. The van der Waals surface area contributed by atoms with E-state index in [1.165, 1.54) is 4.57 Å². The molecule has 1 aliphatic heterocycles. The summed E-state index contributed by atoms with van der Waals surface area (Å²) in [7, 11) is 0. The van der Waals surface area contributed by atoms with Gasteiger partial charge in [0.2, 0.25) is 5.75 Å². The van der Waals surface area contributed by atoms with Crippen LogP contribution in [0.1, 0.15) is 41.8 Å². The molecular weight excluding hydrogens is 324 g/mol. The molecule has 1 atom stereocenters. The smallest absolute Gasteiger partial charge is 0.361 e. The maximum atomic E-state index is 12.8. The molecule has 1 unspecified atom stereocenters. The second-order valence-corrected chi connectivity index (χ2v) is 5.61. The Morgan fingerprint density at radius 2 is 2.12 bits per heavy atom. The summed E-state index contributed by atoms with van der Waals surface area (Å²) in [6, 6.07) is 9.40. The summed E-state index contributed by atoms with van der Waals surface area (Å²) >= 11 is 0. The van der Waals surface area contributed by atoms with Crippen molar-refractivity contribution in [3.05, 3.63) is 57.8 Å². The fraction of sp³-hybridized carbons (Fsp3) is 0.389. The van der Waals surface area contributed by atoms with Gasteiger partial charge in [0.25, 0.3) is 5.56 Å². The third kappa shape index (κ3) is 3.56. The van der Waals surface area contributed by atoms with Crippen LogP contribution in [0, 0.1) is 0 Å². The summed E-state index contributed by atoms with van der Waals surface area (Å²) in [5.74, 6) is -0.352. The Bertz CT molecular complexity index is 816. The summed E-state index contributed by atoms with van der Waals surface area (Å²) in [6.45, 7) is 4.61. The Morgan fingerprint density at radius 3 is 2.84 bits per heavy atom. The lowest BCUT2D eigenvalue weighted by molar-refractivity contribution is 0.0247. The van der Waals surface area contributed by atoms with Gasteiger partial charge in [-0.25, -0.2) is 9.78 Å². The van der Waals surface area contributed by atoms with E-state index >= 15 is 0 Å². The standard InChI is InChI=1S/C18H20N2O5/c1-3-23-18(22)14-15(25-11-13-7-5-4-6-8-13)17(21)20-9-10-24-12(2)16(20)19-14/h4-8,12H,3,9-11H2,1-2H3. The molecule has 1 aromatic carbocycles. The number of rotatable bonds is 5. The molecule has 7 heteroatoms. The predicted molar refractivity (Wildman–Crippen MR) is 89.6 cm³/mol. The average Bonchev–Trinajstić information content (AvgIpc) is 2.62. The van der Waals surface area contributed by atoms with Crippen molar-refractivity contribution in [3.63, 3.8) is 0 Å². The van der Waals surface area contributed by atoms with Gasteiger partial charge in [-0.15, -0.1) is 0 Å². The first-order valence-electron chi connectivity index (χ1n) is 8.22. The molecule has 0 spiro atoms. The minimum atomic E-state index is -0.677.